The largest absolute Gasteiger partial charge is 0.374 e. The van der Waals surface area contributed by atoms with Gasteiger partial charge in [0.25, 0.3) is 0 Å². The van der Waals surface area contributed by atoms with Gasteiger partial charge in [-0.25, -0.2) is 0 Å². The van der Waals surface area contributed by atoms with Crippen molar-refractivity contribution in [2.24, 2.45) is 0 Å². The molecule has 0 saturated carbocycles. The number of thiol groups is 1. The number of hydrogen-bond acceptors (Lipinski definition) is 2. The molecule has 0 amide bonds. The summed E-state index contributed by atoms with van der Waals surface area (Å²) in [7, 11) is 2.16. The predicted octanol–water partition coefficient (Wildman–Crippen LogP) is 4.05. The Kier molecular flexibility index (Phi) is 4.93. The summed E-state index contributed by atoms with van der Waals surface area (Å²) in [5.41, 5.74) is 4.33. The molecule has 0 unspecified atom stereocenters. The average Bonchev–Trinajstić information content (AvgIpc) is 2.24. The lowest BCUT2D eigenvalue weighted by atomic mass is 9.86. The zero-order chi connectivity index (χ0) is 13.1. The summed E-state index contributed by atoms with van der Waals surface area (Å²) in [4.78, 5) is 2.32. The molecule has 0 aliphatic heterocycles. The van der Waals surface area contributed by atoms with Gasteiger partial charge in [-0.2, -0.15) is 12.6 Å². The monoisotopic (exact) mass is 251 g/mol. The molecule has 0 N–H and O–H groups in total. The maximum absolute atomic E-state index is 4.26. The smallest absolute Gasteiger partial charge is 0.0393 e. The van der Waals surface area contributed by atoms with Crippen LogP contribution in [-0.2, 0) is 5.41 Å². The highest BCUT2D eigenvalue weighted by molar-refractivity contribution is 7.80. The van der Waals surface area contributed by atoms with Crippen LogP contribution in [0.25, 0.3) is 0 Å². The van der Waals surface area contributed by atoms with E-state index in [2.05, 4.69) is 70.5 Å². The molecule has 2 heteroatoms. The number of rotatable bonds is 4. The van der Waals surface area contributed by atoms with Gasteiger partial charge in [-0.1, -0.05) is 32.9 Å². The van der Waals surface area contributed by atoms with Crippen LogP contribution in [0.4, 0.5) is 5.69 Å². The second kappa shape index (κ2) is 5.81. The lowest BCUT2D eigenvalue weighted by Crippen LogP contribution is -2.20. The first-order valence-electron chi connectivity index (χ1n) is 6.29. The molecule has 1 aromatic carbocycles. The molecule has 0 heterocycles. The first kappa shape index (κ1) is 14.4. The second-order valence-electron chi connectivity index (χ2n) is 5.75. The summed E-state index contributed by atoms with van der Waals surface area (Å²) >= 11 is 4.26. The third-order valence-corrected chi connectivity index (χ3v) is 3.44. The van der Waals surface area contributed by atoms with Crippen LogP contribution in [0.2, 0.25) is 0 Å². The SMILES string of the molecule is Cc1cc(C(C)(C)C)ccc1N(C)CCCS. The third kappa shape index (κ3) is 3.95. The summed E-state index contributed by atoms with van der Waals surface area (Å²) < 4.78 is 0. The number of aryl methyl sites for hydroxylation is 1. The fourth-order valence-electron chi connectivity index (χ4n) is 1.98. The van der Waals surface area contributed by atoms with Gasteiger partial charge in [0.2, 0.25) is 0 Å². The molecule has 0 aliphatic rings. The summed E-state index contributed by atoms with van der Waals surface area (Å²) in [5, 5.41) is 0. The molecular weight excluding hydrogens is 226 g/mol. The molecule has 0 aromatic heterocycles. The van der Waals surface area contributed by atoms with E-state index in [-0.39, 0.29) is 5.41 Å². The first-order chi connectivity index (χ1) is 7.86. The minimum Gasteiger partial charge on any atom is -0.374 e. The van der Waals surface area contributed by atoms with Crippen molar-refractivity contribution in [3.63, 3.8) is 0 Å². The standard InChI is InChI=1S/C15H25NS/c1-12-11-13(15(2,3)4)7-8-14(12)16(5)9-6-10-17/h7-8,11,17H,6,9-10H2,1-5H3. The second-order valence-corrected chi connectivity index (χ2v) is 6.20. The number of nitrogens with zero attached hydrogens (tertiary/aromatic N) is 1. The van der Waals surface area contributed by atoms with Crippen molar-refractivity contribution in [2.45, 2.75) is 39.5 Å². The van der Waals surface area contributed by atoms with Gasteiger partial charge in [-0.3, -0.25) is 0 Å². The van der Waals surface area contributed by atoms with Crippen LogP contribution in [0.5, 0.6) is 0 Å². The van der Waals surface area contributed by atoms with Crippen LogP contribution in [0.3, 0.4) is 0 Å². The van der Waals surface area contributed by atoms with Crippen LogP contribution >= 0.6 is 12.6 Å². The van der Waals surface area contributed by atoms with Crippen molar-refractivity contribution in [1.82, 2.24) is 0 Å². The highest BCUT2D eigenvalue weighted by Crippen LogP contribution is 2.27. The van der Waals surface area contributed by atoms with E-state index in [1.54, 1.807) is 0 Å². The van der Waals surface area contributed by atoms with E-state index in [4.69, 9.17) is 0 Å². The quantitative estimate of drug-likeness (QED) is 0.790. The van der Waals surface area contributed by atoms with Crippen LogP contribution in [-0.4, -0.2) is 19.3 Å². The van der Waals surface area contributed by atoms with E-state index in [1.807, 2.05) is 0 Å². The van der Waals surface area contributed by atoms with Gasteiger partial charge < -0.3 is 4.90 Å². The molecule has 0 saturated heterocycles. The molecule has 96 valence electrons. The van der Waals surface area contributed by atoms with Crippen LogP contribution in [0.1, 0.15) is 38.3 Å². The lowest BCUT2D eigenvalue weighted by Gasteiger charge is -2.25. The summed E-state index contributed by atoms with van der Waals surface area (Å²) in [6.45, 7) is 10.0. The Bertz CT molecular complexity index is 366. The predicted molar refractivity (Wildman–Crippen MR) is 81.6 cm³/mol. The lowest BCUT2D eigenvalue weighted by molar-refractivity contribution is 0.589. The Balaban J connectivity index is 2.90. The van der Waals surface area contributed by atoms with Crippen LogP contribution in [0, 0.1) is 6.92 Å². The molecule has 17 heavy (non-hydrogen) atoms. The number of benzene rings is 1. The van der Waals surface area contributed by atoms with Gasteiger partial charge >= 0.3 is 0 Å². The molecule has 1 rings (SSSR count). The highest BCUT2D eigenvalue weighted by atomic mass is 32.1. The molecule has 0 aliphatic carbocycles. The van der Waals surface area contributed by atoms with E-state index >= 15 is 0 Å². The van der Waals surface area contributed by atoms with Crippen LogP contribution < -0.4 is 4.90 Å². The molecule has 0 radical (unpaired) electrons. The summed E-state index contributed by atoms with van der Waals surface area (Å²) in [5.74, 6) is 0.948. The van der Waals surface area contributed by atoms with Crippen molar-refractivity contribution in [3.8, 4) is 0 Å². The van der Waals surface area contributed by atoms with E-state index < -0.39 is 0 Å². The number of hydrogen-bond donors (Lipinski definition) is 1. The maximum atomic E-state index is 4.26. The maximum Gasteiger partial charge on any atom is 0.0393 e. The molecular formula is C15H25NS. The van der Waals surface area contributed by atoms with Gasteiger partial charge in [0.1, 0.15) is 0 Å². The molecule has 0 spiro atoms. The molecule has 1 aromatic rings. The van der Waals surface area contributed by atoms with E-state index in [0.717, 1.165) is 18.7 Å². The van der Waals surface area contributed by atoms with E-state index in [9.17, 15) is 0 Å². The topological polar surface area (TPSA) is 3.24 Å². The van der Waals surface area contributed by atoms with E-state index in [1.165, 1.54) is 16.8 Å². The van der Waals surface area contributed by atoms with E-state index in [0.29, 0.717) is 0 Å². The van der Waals surface area contributed by atoms with Crippen molar-refractivity contribution in [1.29, 1.82) is 0 Å². The van der Waals surface area contributed by atoms with Crippen molar-refractivity contribution in [3.05, 3.63) is 29.3 Å². The van der Waals surface area contributed by atoms with Crippen molar-refractivity contribution < 1.29 is 0 Å². The normalized spacial score (nSPS) is 11.6. The zero-order valence-corrected chi connectivity index (χ0v) is 12.6. The molecule has 1 nitrogen and oxygen atoms in total. The highest BCUT2D eigenvalue weighted by Gasteiger charge is 2.15. The average molecular weight is 251 g/mol. The first-order valence-corrected chi connectivity index (χ1v) is 6.92. The third-order valence-electron chi connectivity index (χ3n) is 3.13. The number of anilines is 1. The van der Waals surface area contributed by atoms with Gasteiger partial charge in [0.05, 0.1) is 0 Å². The molecule has 0 bridgehead atoms. The van der Waals surface area contributed by atoms with Gasteiger partial charge in [0, 0.05) is 19.3 Å². The van der Waals surface area contributed by atoms with Crippen molar-refractivity contribution >= 4 is 18.3 Å². The van der Waals surface area contributed by atoms with Gasteiger partial charge in [-0.05, 0) is 41.7 Å². The Morgan fingerprint density at radius 1 is 1.24 bits per heavy atom. The summed E-state index contributed by atoms with van der Waals surface area (Å²) in [6.07, 6.45) is 1.13. The minimum atomic E-state index is 0.229. The fraction of sp³-hybridized carbons (Fsp3) is 0.600. The Morgan fingerprint density at radius 2 is 1.88 bits per heavy atom. The minimum absolute atomic E-state index is 0.229. The Morgan fingerprint density at radius 3 is 2.35 bits per heavy atom. The zero-order valence-electron chi connectivity index (χ0n) is 11.7. The Hall–Kier alpha value is -0.630. The van der Waals surface area contributed by atoms with Gasteiger partial charge in [0.15, 0.2) is 0 Å². The Labute approximate surface area is 112 Å². The summed E-state index contributed by atoms with van der Waals surface area (Å²) in [6, 6.07) is 6.81. The molecule has 0 atom stereocenters. The molecule has 0 fully saturated rings. The fourth-order valence-corrected chi connectivity index (χ4v) is 2.12. The van der Waals surface area contributed by atoms with Crippen molar-refractivity contribution in [2.75, 3.05) is 24.2 Å². The van der Waals surface area contributed by atoms with Crippen LogP contribution in [0.15, 0.2) is 18.2 Å². The van der Waals surface area contributed by atoms with Gasteiger partial charge in [-0.15, -0.1) is 0 Å².